The van der Waals surface area contributed by atoms with Gasteiger partial charge in [-0.25, -0.2) is 0 Å². The highest BCUT2D eigenvalue weighted by Crippen LogP contribution is 2.11. The van der Waals surface area contributed by atoms with Crippen molar-refractivity contribution < 1.29 is 0 Å². The zero-order valence-electron chi connectivity index (χ0n) is 12.1. The molecule has 0 saturated heterocycles. The van der Waals surface area contributed by atoms with Gasteiger partial charge in [0.15, 0.2) is 0 Å². The fraction of sp³-hybridized carbons (Fsp3) is 0. The van der Waals surface area contributed by atoms with Crippen molar-refractivity contribution >= 4 is 24.3 Å². The Bertz CT molecular complexity index is 689. The molecule has 0 aliphatic heterocycles. The minimum absolute atomic E-state index is 1.10. The third-order valence-electron chi connectivity index (χ3n) is 3.24. The van der Waals surface area contributed by atoms with Gasteiger partial charge in [-0.2, -0.15) is 0 Å². The second-order valence-corrected chi connectivity index (χ2v) is 4.91. The second-order valence-electron chi connectivity index (χ2n) is 4.91. The molecule has 2 heterocycles. The van der Waals surface area contributed by atoms with Gasteiger partial charge in [0.25, 0.3) is 0 Å². The maximum absolute atomic E-state index is 4.10. The Morgan fingerprint density at radius 3 is 1.27 bits per heavy atom. The van der Waals surface area contributed by atoms with Gasteiger partial charge in [-0.15, -0.1) is 0 Å². The first-order valence-electron chi connectivity index (χ1n) is 7.16. The lowest BCUT2D eigenvalue weighted by atomic mass is 10.1. The van der Waals surface area contributed by atoms with Gasteiger partial charge in [0.1, 0.15) is 0 Å². The van der Waals surface area contributed by atoms with Gasteiger partial charge in [0.2, 0.25) is 0 Å². The summed E-state index contributed by atoms with van der Waals surface area (Å²) in [5.41, 5.74) is 4.54. The molecular formula is C20H16N2. The van der Waals surface area contributed by atoms with Crippen LogP contribution < -0.4 is 0 Å². The summed E-state index contributed by atoms with van der Waals surface area (Å²) >= 11 is 0. The molecule has 22 heavy (non-hydrogen) atoms. The van der Waals surface area contributed by atoms with Crippen molar-refractivity contribution in [3.05, 3.63) is 95.6 Å². The van der Waals surface area contributed by atoms with E-state index in [0.717, 1.165) is 11.1 Å². The smallest absolute Gasteiger partial charge is 0.0340 e. The van der Waals surface area contributed by atoms with E-state index in [1.165, 1.54) is 11.1 Å². The van der Waals surface area contributed by atoms with Crippen LogP contribution in [0.2, 0.25) is 0 Å². The summed E-state index contributed by atoms with van der Waals surface area (Å²) in [7, 11) is 0. The normalized spacial score (nSPS) is 11.3. The summed E-state index contributed by atoms with van der Waals surface area (Å²) in [5.74, 6) is 0. The van der Waals surface area contributed by atoms with Crippen molar-refractivity contribution in [1.82, 2.24) is 9.97 Å². The Hall–Kier alpha value is -3.00. The number of nitrogens with zero attached hydrogens (tertiary/aromatic N) is 2. The first-order chi connectivity index (χ1) is 10.9. The van der Waals surface area contributed by atoms with Crippen molar-refractivity contribution in [2.45, 2.75) is 0 Å². The molecule has 0 spiro atoms. The van der Waals surface area contributed by atoms with E-state index in [4.69, 9.17) is 0 Å². The molecule has 2 aromatic heterocycles. The van der Waals surface area contributed by atoms with E-state index in [1.54, 1.807) is 12.4 Å². The maximum atomic E-state index is 4.10. The van der Waals surface area contributed by atoms with Crippen LogP contribution in [0.25, 0.3) is 24.3 Å². The minimum atomic E-state index is 1.10. The predicted molar refractivity (Wildman–Crippen MR) is 92.8 cm³/mol. The summed E-state index contributed by atoms with van der Waals surface area (Å²) in [6.45, 7) is 0. The summed E-state index contributed by atoms with van der Waals surface area (Å²) in [6.07, 6.45) is 15.6. The van der Waals surface area contributed by atoms with Gasteiger partial charge in [0.05, 0.1) is 0 Å². The van der Waals surface area contributed by atoms with Crippen molar-refractivity contribution in [2.75, 3.05) is 0 Å². The molecule has 0 aliphatic rings. The average Bonchev–Trinajstić information content (AvgIpc) is 2.61. The van der Waals surface area contributed by atoms with Gasteiger partial charge in [0, 0.05) is 24.8 Å². The predicted octanol–water partition coefficient (Wildman–Crippen LogP) is 4.82. The van der Waals surface area contributed by atoms with Crippen LogP contribution in [0.4, 0.5) is 0 Å². The molecule has 0 saturated carbocycles. The SMILES string of the molecule is C(=C\c1cccnc1)/c1ccc(/C=C/c2cccnc2)cc1. The van der Waals surface area contributed by atoms with E-state index in [2.05, 4.69) is 58.5 Å². The van der Waals surface area contributed by atoms with E-state index in [9.17, 15) is 0 Å². The Morgan fingerprint density at radius 2 is 0.909 bits per heavy atom. The molecule has 0 fully saturated rings. The molecule has 2 heteroatoms. The largest absolute Gasteiger partial charge is 0.264 e. The van der Waals surface area contributed by atoms with Crippen LogP contribution in [0, 0.1) is 0 Å². The molecule has 0 unspecified atom stereocenters. The first kappa shape index (κ1) is 14.0. The fourth-order valence-corrected chi connectivity index (χ4v) is 2.05. The molecule has 0 amide bonds. The standard InChI is InChI=1S/C20H16N2/c1-3-19(15-21-13-1)11-9-17-5-7-18(8-6-17)10-12-20-4-2-14-22-16-20/h1-16H/b11-9+,12-10+. The Morgan fingerprint density at radius 1 is 0.500 bits per heavy atom. The third kappa shape index (κ3) is 4.00. The number of hydrogen-bond acceptors (Lipinski definition) is 2. The van der Waals surface area contributed by atoms with Crippen molar-refractivity contribution in [3.8, 4) is 0 Å². The summed E-state index contributed by atoms with van der Waals surface area (Å²) in [6, 6.07) is 16.4. The first-order valence-corrected chi connectivity index (χ1v) is 7.16. The topological polar surface area (TPSA) is 25.8 Å². The number of aromatic nitrogens is 2. The molecule has 3 aromatic rings. The van der Waals surface area contributed by atoms with E-state index in [1.807, 2.05) is 36.7 Å². The van der Waals surface area contributed by atoms with E-state index in [0.29, 0.717) is 0 Å². The summed E-state index contributed by atoms with van der Waals surface area (Å²) in [4.78, 5) is 8.20. The highest BCUT2D eigenvalue weighted by atomic mass is 14.6. The summed E-state index contributed by atoms with van der Waals surface area (Å²) in [5, 5.41) is 0. The molecule has 1 aromatic carbocycles. The van der Waals surface area contributed by atoms with Gasteiger partial charge in [-0.05, 0) is 34.4 Å². The highest BCUT2D eigenvalue weighted by Gasteiger charge is 1.90. The van der Waals surface area contributed by atoms with Crippen LogP contribution in [0.5, 0.6) is 0 Å². The minimum Gasteiger partial charge on any atom is -0.264 e. The van der Waals surface area contributed by atoms with E-state index >= 15 is 0 Å². The quantitative estimate of drug-likeness (QED) is 0.686. The van der Waals surface area contributed by atoms with Crippen LogP contribution in [0.15, 0.2) is 73.3 Å². The molecule has 0 atom stereocenters. The van der Waals surface area contributed by atoms with Gasteiger partial charge >= 0.3 is 0 Å². The molecule has 2 nitrogen and oxygen atoms in total. The van der Waals surface area contributed by atoms with Gasteiger partial charge in [-0.3, -0.25) is 9.97 Å². The Kier molecular flexibility index (Phi) is 4.53. The molecule has 106 valence electrons. The highest BCUT2D eigenvalue weighted by molar-refractivity contribution is 5.72. The Labute approximate surface area is 130 Å². The molecule has 0 aliphatic carbocycles. The van der Waals surface area contributed by atoms with Crippen LogP contribution >= 0.6 is 0 Å². The lowest BCUT2D eigenvalue weighted by Gasteiger charge is -1.97. The second kappa shape index (κ2) is 7.14. The van der Waals surface area contributed by atoms with Crippen LogP contribution in [0.3, 0.4) is 0 Å². The zero-order valence-corrected chi connectivity index (χ0v) is 12.1. The summed E-state index contributed by atoms with van der Waals surface area (Å²) < 4.78 is 0. The van der Waals surface area contributed by atoms with Gasteiger partial charge in [-0.1, -0.05) is 60.7 Å². The molecular weight excluding hydrogens is 268 g/mol. The fourth-order valence-electron chi connectivity index (χ4n) is 2.05. The van der Waals surface area contributed by atoms with Crippen LogP contribution in [-0.4, -0.2) is 9.97 Å². The zero-order chi connectivity index (χ0) is 15.0. The molecule has 0 N–H and O–H groups in total. The molecule has 0 radical (unpaired) electrons. The third-order valence-corrected chi connectivity index (χ3v) is 3.24. The monoisotopic (exact) mass is 284 g/mol. The number of pyridine rings is 2. The molecule has 0 bridgehead atoms. The number of hydrogen-bond donors (Lipinski definition) is 0. The lowest BCUT2D eigenvalue weighted by molar-refractivity contribution is 1.32. The maximum Gasteiger partial charge on any atom is 0.0340 e. The van der Waals surface area contributed by atoms with E-state index < -0.39 is 0 Å². The lowest BCUT2D eigenvalue weighted by Crippen LogP contribution is -1.77. The van der Waals surface area contributed by atoms with E-state index in [-0.39, 0.29) is 0 Å². The van der Waals surface area contributed by atoms with Crippen LogP contribution in [0.1, 0.15) is 22.3 Å². The average molecular weight is 284 g/mol. The van der Waals surface area contributed by atoms with Crippen LogP contribution in [-0.2, 0) is 0 Å². The van der Waals surface area contributed by atoms with Crippen molar-refractivity contribution in [3.63, 3.8) is 0 Å². The Balaban J connectivity index is 1.68. The van der Waals surface area contributed by atoms with Gasteiger partial charge < -0.3 is 0 Å². The van der Waals surface area contributed by atoms with Crippen molar-refractivity contribution in [1.29, 1.82) is 0 Å². The molecule has 3 rings (SSSR count). The number of rotatable bonds is 4. The number of benzene rings is 1. The van der Waals surface area contributed by atoms with Crippen molar-refractivity contribution in [2.24, 2.45) is 0 Å².